The van der Waals surface area contributed by atoms with Crippen LogP contribution >= 0.6 is 0 Å². The van der Waals surface area contributed by atoms with Gasteiger partial charge in [-0.1, -0.05) is 6.92 Å². The molecule has 0 aliphatic carbocycles. The van der Waals surface area contributed by atoms with E-state index in [0.717, 1.165) is 30.9 Å². The van der Waals surface area contributed by atoms with E-state index >= 15 is 0 Å². The van der Waals surface area contributed by atoms with Crippen LogP contribution in [0.4, 0.5) is 4.79 Å². The first kappa shape index (κ1) is 13.8. The Labute approximate surface area is 123 Å². The summed E-state index contributed by atoms with van der Waals surface area (Å²) >= 11 is 0. The molecule has 0 bridgehead atoms. The fourth-order valence-electron chi connectivity index (χ4n) is 2.81. The molecule has 2 aromatic heterocycles. The van der Waals surface area contributed by atoms with Crippen LogP contribution in [0.3, 0.4) is 0 Å². The first-order valence-electron chi connectivity index (χ1n) is 7.34. The number of rotatable bonds is 3. The van der Waals surface area contributed by atoms with Gasteiger partial charge < -0.3 is 19.1 Å². The molecule has 0 radical (unpaired) electrons. The third kappa shape index (κ3) is 3.12. The maximum atomic E-state index is 12.4. The summed E-state index contributed by atoms with van der Waals surface area (Å²) in [7, 11) is 0. The Morgan fingerprint density at radius 3 is 2.86 bits per heavy atom. The highest BCUT2D eigenvalue weighted by molar-refractivity contribution is 5.74. The van der Waals surface area contributed by atoms with Gasteiger partial charge in [0.05, 0.1) is 25.1 Å². The standard InChI is InChI=1S/C16H20N2O3/c1-12-6-7-18(14(10-12)15-5-3-9-21-15)16(19)17-11-13-4-2-8-20-13/h2-5,8-9,12,14H,6-7,10-11H2,1H3,(H,17,19)/t12-,14+/m0/s1. The van der Waals surface area contributed by atoms with Gasteiger partial charge in [0.15, 0.2) is 0 Å². The topological polar surface area (TPSA) is 58.6 Å². The van der Waals surface area contributed by atoms with Crippen LogP contribution < -0.4 is 5.32 Å². The van der Waals surface area contributed by atoms with Gasteiger partial charge in [-0.05, 0) is 43.0 Å². The van der Waals surface area contributed by atoms with E-state index in [4.69, 9.17) is 8.83 Å². The summed E-state index contributed by atoms with van der Waals surface area (Å²) in [4.78, 5) is 14.3. The van der Waals surface area contributed by atoms with E-state index in [0.29, 0.717) is 12.5 Å². The molecule has 5 nitrogen and oxygen atoms in total. The summed E-state index contributed by atoms with van der Waals surface area (Å²) in [6, 6.07) is 7.42. The van der Waals surface area contributed by atoms with Crippen LogP contribution in [0.5, 0.6) is 0 Å². The summed E-state index contributed by atoms with van der Waals surface area (Å²) in [6.45, 7) is 3.37. The minimum atomic E-state index is -0.0697. The Balaban J connectivity index is 1.67. The minimum Gasteiger partial charge on any atom is -0.467 e. The fraction of sp³-hybridized carbons (Fsp3) is 0.438. The van der Waals surface area contributed by atoms with Crippen LogP contribution in [-0.4, -0.2) is 17.5 Å². The van der Waals surface area contributed by atoms with Crippen molar-refractivity contribution in [1.29, 1.82) is 0 Å². The van der Waals surface area contributed by atoms with Gasteiger partial charge in [-0.3, -0.25) is 0 Å². The molecule has 112 valence electrons. The lowest BCUT2D eigenvalue weighted by atomic mass is 9.91. The molecule has 0 spiro atoms. The maximum Gasteiger partial charge on any atom is 0.318 e. The average molecular weight is 288 g/mol. The SMILES string of the molecule is C[C@H]1CCN(C(=O)NCc2ccco2)[C@@H](c2ccco2)C1. The molecule has 3 rings (SSSR count). The first-order valence-corrected chi connectivity index (χ1v) is 7.34. The number of hydrogen-bond donors (Lipinski definition) is 1. The van der Waals surface area contributed by atoms with Crippen LogP contribution in [0, 0.1) is 5.92 Å². The second-order valence-corrected chi connectivity index (χ2v) is 5.59. The smallest absolute Gasteiger partial charge is 0.318 e. The van der Waals surface area contributed by atoms with E-state index in [2.05, 4.69) is 12.2 Å². The summed E-state index contributed by atoms with van der Waals surface area (Å²) in [5.74, 6) is 2.20. The monoisotopic (exact) mass is 288 g/mol. The van der Waals surface area contributed by atoms with Crippen LogP contribution in [-0.2, 0) is 6.54 Å². The highest BCUT2D eigenvalue weighted by Crippen LogP contribution is 2.34. The quantitative estimate of drug-likeness (QED) is 0.939. The molecule has 1 saturated heterocycles. The molecule has 2 aromatic rings. The largest absolute Gasteiger partial charge is 0.467 e. The van der Waals surface area contributed by atoms with E-state index in [1.807, 2.05) is 29.2 Å². The van der Waals surface area contributed by atoms with Crippen molar-refractivity contribution in [3.63, 3.8) is 0 Å². The third-order valence-electron chi connectivity index (χ3n) is 3.99. The number of piperidine rings is 1. The molecule has 1 N–H and O–H groups in total. The Morgan fingerprint density at radius 1 is 1.33 bits per heavy atom. The van der Waals surface area contributed by atoms with Gasteiger partial charge in [-0.15, -0.1) is 0 Å². The highest BCUT2D eigenvalue weighted by atomic mass is 16.3. The number of urea groups is 1. The number of amides is 2. The molecule has 1 fully saturated rings. The highest BCUT2D eigenvalue weighted by Gasteiger charge is 2.32. The normalized spacial score (nSPS) is 22.2. The van der Waals surface area contributed by atoms with Crippen LogP contribution in [0.2, 0.25) is 0 Å². The molecule has 2 amide bonds. The molecule has 2 atom stereocenters. The van der Waals surface area contributed by atoms with Gasteiger partial charge in [0.1, 0.15) is 11.5 Å². The van der Waals surface area contributed by atoms with Gasteiger partial charge >= 0.3 is 6.03 Å². The Hall–Kier alpha value is -2.17. The van der Waals surface area contributed by atoms with Crippen molar-refractivity contribution in [2.75, 3.05) is 6.54 Å². The van der Waals surface area contributed by atoms with Gasteiger partial charge in [0, 0.05) is 6.54 Å². The predicted octanol–water partition coefficient (Wildman–Crippen LogP) is 3.56. The fourth-order valence-corrected chi connectivity index (χ4v) is 2.81. The second kappa shape index (κ2) is 6.08. The number of nitrogens with zero attached hydrogens (tertiary/aromatic N) is 1. The van der Waals surface area contributed by atoms with E-state index in [1.165, 1.54) is 0 Å². The first-order chi connectivity index (χ1) is 10.2. The predicted molar refractivity (Wildman–Crippen MR) is 77.5 cm³/mol. The molecule has 5 heteroatoms. The molecule has 21 heavy (non-hydrogen) atoms. The number of likely N-dealkylation sites (tertiary alicyclic amines) is 1. The average Bonchev–Trinajstić information content (AvgIpc) is 3.18. The number of nitrogens with one attached hydrogen (secondary N) is 1. The van der Waals surface area contributed by atoms with E-state index < -0.39 is 0 Å². The number of hydrogen-bond acceptors (Lipinski definition) is 3. The molecule has 1 aliphatic rings. The second-order valence-electron chi connectivity index (χ2n) is 5.59. The lowest BCUT2D eigenvalue weighted by Crippen LogP contribution is -2.45. The van der Waals surface area contributed by atoms with Gasteiger partial charge in [0.25, 0.3) is 0 Å². The van der Waals surface area contributed by atoms with Gasteiger partial charge in [-0.25, -0.2) is 4.79 Å². The Bertz CT molecular complexity index is 562. The summed E-state index contributed by atoms with van der Waals surface area (Å²) in [5, 5.41) is 2.91. The Kier molecular flexibility index (Phi) is 3.99. The summed E-state index contributed by atoms with van der Waals surface area (Å²) in [5.41, 5.74) is 0. The van der Waals surface area contributed by atoms with Gasteiger partial charge in [-0.2, -0.15) is 0 Å². The lowest BCUT2D eigenvalue weighted by Gasteiger charge is -2.37. The number of carbonyl (C=O) groups excluding carboxylic acids is 1. The van der Waals surface area contributed by atoms with E-state index in [-0.39, 0.29) is 12.1 Å². The summed E-state index contributed by atoms with van der Waals surface area (Å²) < 4.78 is 10.7. The summed E-state index contributed by atoms with van der Waals surface area (Å²) in [6.07, 6.45) is 5.22. The zero-order valence-electron chi connectivity index (χ0n) is 12.1. The van der Waals surface area contributed by atoms with Crippen molar-refractivity contribution in [1.82, 2.24) is 10.2 Å². The van der Waals surface area contributed by atoms with Gasteiger partial charge in [0.2, 0.25) is 0 Å². The number of furan rings is 2. The van der Waals surface area contributed by atoms with Crippen molar-refractivity contribution in [2.45, 2.75) is 32.4 Å². The molecule has 0 unspecified atom stereocenters. The van der Waals surface area contributed by atoms with Crippen LogP contribution in [0.15, 0.2) is 45.6 Å². The molecular formula is C16H20N2O3. The number of carbonyl (C=O) groups is 1. The van der Waals surface area contributed by atoms with Crippen molar-refractivity contribution in [3.8, 4) is 0 Å². The molecule has 0 aromatic carbocycles. The van der Waals surface area contributed by atoms with Crippen molar-refractivity contribution < 1.29 is 13.6 Å². The van der Waals surface area contributed by atoms with E-state index in [9.17, 15) is 4.79 Å². The Morgan fingerprint density at radius 2 is 2.14 bits per heavy atom. The molecule has 3 heterocycles. The zero-order chi connectivity index (χ0) is 14.7. The van der Waals surface area contributed by atoms with E-state index in [1.54, 1.807) is 12.5 Å². The zero-order valence-corrected chi connectivity index (χ0v) is 12.1. The minimum absolute atomic E-state index is 0.0142. The van der Waals surface area contributed by atoms with Crippen LogP contribution in [0.25, 0.3) is 0 Å². The molecular weight excluding hydrogens is 268 g/mol. The molecule has 0 saturated carbocycles. The maximum absolute atomic E-state index is 12.4. The van der Waals surface area contributed by atoms with Crippen LogP contribution in [0.1, 0.15) is 37.3 Å². The van der Waals surface area contributed by atoms with Crippen molar-refractivity contribution in [3.05, 3.63) is 48.3 Å². The molecule has 1 aliphatic heterocycles. The van der Waals surface area contributed by atoms with Crippen molar-refractivity contribution in [2.24, 2.45) is 5.92 Å². The third-order valence-corrected chi connectivity index (χ3v) is 3.99. The lowest BCUT2D eigenvalue weighted by molar-refractivity contribution is 0.119. The van der Waals surface area contributed by atoms with Crippen molar-refractivity contribution >= 4 is 6.03 Å².